The number of carboxylic acids is 2. The molecule has 2 N–H and O–H groups in total. The van der Waals surface area contributed by atoms with Crippen molar-refractivity contribution in [1.82, 2.24) is 0 Å². The van der Waals surface area contributed by atoms with Gasteiger partial charge in [0, 0.05) is 17.3 Å². The van der Waals surface area contributed by atoms with Crippen molar-refractivity contribution in [2.75, 3.05) is 7.11 Å². The molecule has 0 fully saturated rings. The zero-order chi connectivity index (χ0) is 14.4. The van der Waals surface area contributed by atoms with E-state index in [0.29, 0.717) is 12.2 Å². The first-order valence-electron chi connectivity index (χ1n) is 5.68. The van der Waals surface area contributed by atoms with Crippen molar-refractivity contribution in [3.63, 3.8) is 0 Å². The minimum atomic E-state index is -0.995. The van der Waals surface area contributed by atoms with Gasteiger partial charge in [-0.2, -0.15) is 0 Å². The topological polar surface area (TPSA) is 83.8 Å². The molecule has 0 aromatic heterocycles. The summed E-state index contributed by atoms with van der Waals surface area (Å²) in [5.41, 5.74) is 0.840. The highest BCUT2D eigenvalue weighted by atomic mass is 79.9. The Balaban J connectivity index is 2.88. The number of rotatable bonds is 7. The maximum absolute atomic E-state index is 10.8. The van der Waals surface area contributed by atoms with Gasteiger partial charge in [-0.1, -0.05) is 15.9 Å². The molecule has 0 bridgehead atoms. The quantitative estimate of drug-likeness (QED) is 0.802. The Labute approximate surface area is 119 Å². The minimum Gasteiger partial charge on any atom is -0.497 e. The number of hydrogen-bond donors (Lipinski definition) is 2. The van der Waals surface area contributed by atoms with E-state index in [1.165, 1.54) is 0 Å². The first-order chi connectivity index (χ1) is 8.92. The summed E-state index contributed by atoms with van der Waals surface area (Å²) >= 11 is 3.37. The smallest absolute Gasteiger partial charge is 0.303 e. The lowest BCUT2D eigenvalue weighted by Crippen LogP contribution is -2.15. The van der Waals surface area contributed by atoms with Crippen LogP contribution < -0.4 is 4.74 Å². The third-order valence-electron chi connectivity index (χ3n) is 2.69. The van der Waals surface area contributed by atoms with E-state index < -0.39 is 17.9 Å². The molecule has 6 heteroatoms. The average Bonchev–Trinajstić information content (AvgIpc) is 2.30. The van der Waals surface area contributed by atoms with Crippen LogP contribution in [0.2, 0.25) is 0 Å². The fraction of sp³-hybridized carbons (Fsp3) is 0.385. The van der Waals surface area contributed by atoms with Crippen molar-refractivity contribution in [2.45, 2.75) is 19.3 Å². The van der Waals surface area contributed by atoms with Crippen molar-refractivity contribution in [1.29, 1.82) is 0 Å². The second kappa shape index (κ2) is 7.13. The molecule has 104 valence electrons. The van der Waals surface area contributed by atoms with E-state index in [2.05, 4.69) is 15.9 Å². The Bertz CT molecular complexity index is 456. The molecule has 0 aliphatic carbocycles. The Hall–Kier alpha value is -1.56. The first-order valence-corrected chi connectivity index (χ1v) is 6.47. The predicted octanol–water partition coefficient (Wildman–Crippen LogP) is 2.57. The molecule has 0 radical (unpaired) electrons. The van der Waals surface area contributed by atoms with Gasteiger partial charge in [-0.15, -0.1) is 0 Å². The minimum absolute atomic E-state index is 0.171. The van der Waals surface area contributed by atoms with Crippen molar-refractivity contribution >= 4 is 27.9 Å². The normalized spacial score (nSPS) is 10.5. The summed E-state index contributed by atoms with van der Waals surface area (Å²) in [6.45, 7) is 0. The summed E-state index contributed by atoms with van der Waals surface area (Å²) in [7, 11) is 1.54. The van der Waals surface area contributed by atoms with Gasteiger partial charge in [0.15, 0.2) is 0 Å². The van der Waals surface area contributed by atoms with Gasteiger partial charge >= 0.3 is 11.9 Å². The number of benzene rings is 1. The average molecular weight is 331 g/mol. The van der Waals surface area contributed by atoms with E-state index in [1.54, 1.807) is 25.3 Å². The maximum atomic E-state index is 10.8. The number of ether oxygens (including phenoxy) is 1. The van der Waals surface area contributed by atoms with E-state index in [9.17, 15) is 9.59 Å². The number of hydrogen-bond acceptors (Lipinski definition) is 3. The fourth-order valence-electron chi connectivity index (χ4n) is 1.86. The number of carbonyl (C=O) groups is 2. The number of carboxylic acid groups (broad SMARTS) is 2. The van der Waals surface area contributed by atoms with E-state index in [1.807, 2.05) is 0 Å². The summed E-state index contributed by atoms with van der Waals surface area (Å²) < 4.78 is 5.91. The zero-order valence-corrected chi connectivity index (χ0v) is 12.0. The second-order valence-electron chi connectivity index (χ2n) is 4.22. The van der Waals surface area contributed by atoms with Crippen molar-refractivity contribution in [2.24, 2.45) is 5.92 Å². The monoisotopic (exact) mass is 330 g/mol. The van der Waals surface area contributed by atoms with E-state index in [-0.39, 0.29) is 12.8 Å². The molecule has 1 aromatic carbocycles. The maximum Gasteiger partial charge on any atom is 0.303 e. The summed E-state index contributed by atoms with van der Waals surface area (Å²) in [4.78, 5) is 21.5. The summed E-state index contributed by atoms with van der Waals surface area (Å²) in [5, 5.41) is 17.6. The van der Waals surface area contributed by atoms with Gasteiger partial charge in [0.05, 0.1) is 7.11 Å². The molecule has 5 nitrogen and oxygen atoms in total. The van der Waals surface area contributed by atoms with Gasteiger partial charge in [0.2, 0.25) is 0 Å². The van der Waals surface area contributed by atoms with Crippen molar-refractivity contribution in [3.8, 4) is 5.75 Å². The lowest BCUT2D eigenvalue weighted by Gasteiger charge is -2.14. The molecule has 0 aliphatic heterocycles. The van der Waals surface area contributed by atoms with Crippen LogP contribution in [0.4, 0.5) is 0 Å². The predicted molar refractivity (Wildman–Crippen MR) is 72.4 cm³/mol. The van der Waals surface area contributed by atoms with Crippen LogP contribution in [0.3, 0.4) is 0 Å². The summed E-state index contributed by atoms with van der Waals surface area (Å²) in [6.07, 6.45) is 0.0300. The molecule has 19 heavy (non-hydrogen) atoms. The van der Waals surface area contributed by atoms with Crippen LogP contribution in [0.25, 0.3) is 0 Å². The highest BCUT2D eigenvalue weighted by molar-refractivity contribution is 9.10. The van der Waals surface area contributed by atoms with Crippen molar-refractivity contribution < 1.29 is 24.5 Å². The Morgan fingerprint density at radius 3 is 2.32 bits per heavy atom. The van der Waals surface area contributed by atoms with Crippen molar-refractivity contribution in [3.05, 3.63) is 28.2 Å². The lowest BCUT2D eigenvalue weighted by atomic mass is 9.93. The third-order valence-corrected chi connectivity index (χ3v) is 3.46. The Morgan fingerprint density at radius 1 is 1.26 bits per heavy atom. The molecule has 1 aromatic rings. The SMILES string of the molecule is COc1ccc(Br)c(CC(CC(=O)O)CC(=O)O)c1. The zero-order valence-electron chi connectivity index (χ0n) is 10.4. The lowest BCUT2D eigenvalue weighted by molar-refractivity contribution is -0.140. The van der Waals surface area contributed by atoms with Crippen LogP contribution >= 0.6 is 15.9 Å². The molecule has 0 saturated carbocycles. The molecule has 0 saturated heterocycles. The molecule has 0 amide bonds. The number of aliphatic carboxylic acids is 2. The molecule has 0 heterocycles. The molecular weight excluding hydrogens is 316 g/mol. The third kappa shape index (κ3) is 5.30. The van der Waals surface area contributed by atoms with Crippen LogP contribution in [0.5, 0.6) is 5.75 Å². The van der Waals surface area contributed by atoms with Gasteiger partial charge in [0.1, 0.15) is 5.75 Å². The van der Waals surface area contributed by atoms with Crippen LogP contribution in [-0.2, 0) is 16.0 Å². The molecular formula is C13H15BrO5. The van der Waals surface area contributed by atoms with Gasteiger partial charge in [-0.05, 0) is 36.1 Å². The highest BCUT2D eigenvalue weighted by Gasteiger charge is 2.19. The molecule has 1 rings (SSSR count). The molecule has 0 atom stereocenters. The molecule has 0 unspecified atom stereocenters. The van der Waals surface area contributed by atoms with Crippen LogP contribution in [0, 0.1) is 5.92 Å². The highest BCUT2D eigenvalue weighted by Crippen LogP contribution is 2.27. The van der Waals surface area contributed by atoms with Crippen LogP contribution in [0.1, 0.15) is 18.4 Å². The van der Waals surface area contributed by atoms with Crippen LogP contribution in [-0.4, -0.2) is 29.3 Å². The van der Waals surface area contributed by atoms with Gasteiger partial charge in [-0.25, -0.2) is 0 Å². The standard InChI is InChI=1S/C13H15BrO5/c1-19-10-2-3-11(14)9(7-10)4-8(5-12(15)16)6-13(17)18/h2-3,7-8H,4-6H2,1H3,(H,15,16)(H,17,18). The Kier molecular flexibility index (Phi) is 5.82. The van der Waals surface area contributed by atoms with Crippen LogP contribution in [0.15, 0.2) is 22.7 Å². The molecule has 0 aliphatic rings. The van der Waals surface area contributed by atoms with E-state index in [0.717, 1.165) is 10.0 Å². The Morgan fingerprint density at radius 2 is 1.84 bits per heavy atom. The van der Waals surface area contributed by atoms with E-state index >= 15 is 0 Å². The molecule has 0 spiro atoms. The second-order valence-corrected chi connectivity index (χ2v) is 5.08. The largest absolute Gasteiger partial charge is 0.497 e. The number of methoxy groups -OCH3 is 1. The number of halogens is 1. The fourth-order valence-corrected chi connectivity index (χ4v) is 2.26. The first kappa shape index (κ1) is 15.5. The van der Waals surface area contributed by atoms with Gasteiger partial charge in [0.25, 0.3) is 0 Å². The van der Waals surface area contributed by atoms with Gasteiger partial charge < -0.3 is 14.9 Å². The summed E-state index contributed by atoms with van der Waals surface area (Å²) in [6, 6.07) is 5.35. The van der Waals surface area contributed by atoms with E-state index in [4.69, 9.17) is 14.9 Å². The summed E-state index contributed by atoms with van der Waals surface area (Å²) in [5.74, 6) is -1.78. The van der Waals surface area contributed by atoms with Gasteiger partial charge in [-0.3, -0.25) is 9.59 Å².